The number of carbonyl (C=O) groups is 3. The van der Waals surface area contributed by atoms with Gasteiger partial charge in [-0.1, -0.05) is 23.7 Å². The third-order valence-corrected chi connectivity index (χ3v) is 5.28. The topological polar surface area (TPSA) is 97.0 Å². The van der Waals surface area contributed by atoms with Crippen molar-refractivity contribution in [2.45, 2.75) is 18.9 Å². The molecular weight excluding hydrogens is 410 g/mol. The first-order chi connectivity index (χ1) is 14.4. The first kappa shape index (κ1) is 20.0. The number of benzene rings is 2. The Kier molecular flexibility index (Phi) is 5.26. The molecule has 0 bridgehead atoms. The van der Waals surface area contributed by atoms with Crippen LogP contribution < -0.4 is 20.1 Å². The number of halogens is 1. The summed E-state index contributed by atoms with van der Waals surface area (Å²) in [6.07, 6.45) is 0.773. The molecule has 2 heterocycles. The fraction of sp³-hybridized carbons (Fsp3) is 0.286. The molecule has 2 N–H and O–H groups in total. The Hall–Kier alpha value is -3.26. The Morgan fingerprint density at radius 2 is 1.83 bits per heavy atom. The highest BCUT2D eigenvalue weighted by atomic mass is 35.5. The number of fused-ring (bicyclic) bond motifs is 1. The van der Waals surface area contributed by atoms with Crippen LogP contribution in [0.3, 0.4) is 0 Å². The van der Waals surface area contributed by atoms with E-state index >= 15 is 0 Å². The number of ether oxygens (including phenoxy) is 2. The number of amides is 4. The zero-order valence-electron chi connectivity index (χ0n) is 16.2. The van der Waals surface area contributed by atoms with E-state index in [2.05, 4.69) is 10.6 Å². The van der Waals surface area contributed by atoms with Crippen molar-refractivity contribution in [3.8, 4) is 11.5 Å². The molecule has 4 rings (SSSR count). The summed E-state index contributed by atoms with van der Waals surface area (Å²) in [5.74, 6) is 0.130. The molecule has 9 heteroatoms. The number of nitrogens with one attached hydrogen (secondary N) is 2. The summed E-state index contributed by atoms with van der Waals surface area (Å²) < 4.78 is 11.2. The minimum Gasteiger partial charge on any atom is -0.490 e. The highest BCUT2D eigenvalue weighted by Crippen LogP contribution is 2.33. The second-order valence-corrected chi connectivity index (χ2v) is 7.65. The molecule has 2 aromatic carbocycles. The van der Waals surface area contributed by atoms with Crippen LogP contribution in [0, 0.1) is 0 Å². The minimum absolute atomic E-state index is 0.414. The van der Waals surface area contributed by atoms with Crippen molar-refractivity contribution in [3.63, 3.8) is 0 Å². The zero-order chi connectivity index (χ0) is 21.3. The summed E-state index contributed by atoms with van der Waals surface area (Å²) in [5, 5.41) is 5.87. The Morgan fingerprint density at radius 1 is 1.13 bits per heavy atom. The van der Waals surface area contributed by atoms with Crippen molar-refractivity contribution in [1.29, 1.82) is 0 Å². The summed E-state index contributed by atoms with van der Waals surface area (Å²) in [6.45, 7) is 2.27. The molecule has 2 aliphatic rings. The smallest absolute Gasteiger partial charge is 0.325 e. The molecule has 1 saturated heterocycles. The highest BCUT2D eigenvalue weighted by Gasteiger charge is 2.49. The normalized spacial score (nSPS) is 20.5. The molecule has 30 heavy (non-hydrogen) atoms. The SMILES string of the molecule is CC1(c2ccc(Cl)cc2)NC(=O)N(CC(=O)Nc2ccc3c(c2)OCCCO3)C1=O. The summed E-state index contributed by atoms with van der Waals surface area (Å²) >= 11 is 5.90. The summed E-state index contributed by atoms with van der Waals surface area (Å²) in [7, 11) is 0. The molecule has 2 aromatic rings. The Labute approximate surface area is 178 Å². The molecule has 2 aliphatic heterocycles. The van der Waals surface area contributed by atoms with Crippen LogP contribution in [0.2, 0.25) is 5.02 Å². The third kappa shape index (κ3) is 3.78. The predicted molar refractivity (Wildman–Crippen MR) is 110 cm³/mol. The number of nitrogens with zero attached hydrogens (tertiary/aromatic N) is 1. The van der Waals surface area contributed by atoms with Crippen LogP contribution in [0.25, 0.3) is 0 Å². The lowest BCUT2D eigenvalue weighted by Crippen LogP contribution is -2.42. The number of urea groups is 1. The molecule has 1 unspecified atom stereocenters. The largest absolute Gasteiger partial charge is 0.490 e. The van der Waals surface area contributed by atoms with E-state index in [1.807, 2.05) is 0 Å². The predicted octanol–water partition coefficient (Wildman–Crippen LogP) is 2.91. The van der Waals surface area contributed by atoms with Crippen LogP contribution in [0.5, 0.6) is 11.5 Å². The van der Waals surface area contributed by atoms with Gasteiger partial charge in [-0.15, -0.1) is 0 Å². The maximum absolute atomic E-state index is 12.9. The summed E-state index contributed by atoms with van der Waals surface area (Å²) in [4.78, 5) is 38.8. The molecular formula is C21H20ClN3O5. The average molecular weight is 430 g/mol. The molecule has 0 spiro atoms. The summed E-state index contributed by atoms with van der Waals surface area (Å²) in [6, 6.07) is 11.0. The van der Waals surface area contributed by atoms with E-state index in [4.69, 9.17) is 21.1 Å². The number of carbonyl (C=O) groups excluding carboxylic acids is 3. The molecule has 0 saturated carbocycles. The highest BCUT2D eigenvalue weighted by molar-refractivity contribution is 6.30. The van der Waals surface area contributed by atoms with E-state index in [1.54, 1.807) is 49.4 Å². The van der Waals surface area contributed by atoms with Gasteiger partial charge in [0.25, 0.3) is 5.91 Å². The van der Waals surface area contributed by atoms with E-state index in [9.17, 15) is 14.4 Å². The lowest BCUT2D eigenvalue weighted by molar-refractivity contribution is -0.133. The van der Waals surface area contributed by atoms with Crippen molar-refractivity contribution in [1.82, 2.24) is 10.2 Å². The number of rotatable bonds is 4. The quantitative estimate of drug-likeness (QED) is 0.728. The Balaban J connectivity index is 1.46. The number of hydrogen-bond donors (Lipinski definition) is 2. The van der Waals surface area contributed by atoms with E-state index < -0.39 is 29.9 Å². The first-order valence-electron chi connectivity index (χ1n) is 9.46. The van der Waals surface area contributed by atoms with Crippen LogP contribution in [-0.2, 0) is 15.1 Å². The molecule has 4 amide bonds. The van der Waals surface area contributed by atoms with Crippen LogP contribution in [-0.4, -0.2) is 42.5 Å². The van der Waals surface area contributed by atoms with Crippen molar-refractivity contribution < 1.29 is 23.9 Å². The Morgan fingerprint density at radius 3 is 2.57 bits per heavy atom. The third-order valence-electron chi connectivity index (χ3n) is 5.03. The maximum Gasteiger partial charge on any atom is 0.325 e. The molecule has 0 aromatic heterocycles. The van der Waals surface area contributed by atoms with Gasteiger partial charge in [0.15, 0.2) is 11.5 Å². The average Bonchev–Trinajstić information content (AvgIpc) is 2.88. The van der Waals surface area contributed by atoms with Gasteiger partial charge in [-0.05, 0) is 36.8 Å². The van der Waals surface area contributed by atoms with Gasteiger partial charge in [0.1, 0.15) is 12.1 Å². The summed E-state index contributed by atoms with van der Waals surface area (Å²) in [5.41, 5.74) is -0.204. The second-order valence-electron chi connectivity index (χ2n) is 7.21. The monoisotopic (exact) mass is 429 g/mol. The van der Waals surface area contributed by atoms with Gasteiger partial charge >= 0.3 is 6.03 Å². The van der Waals surface area contributed by atoms with E-state index in [-0.39, 0.29) is 0 Å². The van der Waals surface area contributed by atoms with Crippen molar-refractivity contribution >= 4 is 35.1 Å². The maximum atomic E-state index is 12.9. The fourth-order valence-electron chi connectivity index (χ4n) is 3.40. The van der Waals surface area contributed by atoms with Gasteiger partial charge in [-0.2, -0.15) is 0 Å². The number of anilines is 1. The number of hydrogen-bond acceptors (Lipinski definition) is 5. The standard InChI is InChI=1S/C21H20ClN3O5/c1-21(13-3-5-14(22)6-4-13)19(27)25(20(28)24-21)12-18(26)23-15-7-8-16-17(11-15)30-10-2-9-29-16/h3-8,11H,2,9-10,12H2,1H3,(H,23,26)(H,24,28). The second kappa shape index (κ2) is 7.87. The van der Waals surface area contributed by atoms with E-state index in [0.29, 0.717) is 41.0 Å². The molecule has 8 nitrogen and oxygen atoms in total. The molecule has 156 valence electrons. The van der Waals surface area contributed by atoms with Crippen molar-refractivity contribution in [2.75, 3.05) is 25.1 Å². The van der Waals surface area contributed by atoms with Crippen LogP contribution in [0.15, 0.2) is 42.5 Å². The van der Waals surface area contributed by atoms with Gasteiger partial charge in [0.05, 0.1) is 13.2 Å². The fourth-order valence-corrected chi connectivity index (χ4v) is 3.53. The van der Waals surface area contributed by atoms with Gasteiger partial charge in [0, 0.05) is 23.2 Å². The van der Waals surface area contributed by atoms with Gasteiger partial charge in [0.2, 0.25) is 5.91 Å². The lowest BCUT2D eigenvalue weighted by atomic mass is 9.92. The molecule has 1 fully saturated rings. The minimum atomic E-state index is -1.27. The van der Waals surface area contributed by atoms with Crippen molar-refractivity contribution in [3.05, 3.63) is 53.1 Å². The van der Waals surface area contributed by atoms with Gasteiger partial charge in [-0.3, -0.25) is 14.5 Å². The van der Waals surface area contributed by atoms with Gasteiger partial charge < -0.3 is 20.1 Å². The van der Waals surface area contributed by atoms with Crippen LogP contribution in [0.4, 0.5) is 10.5 Å². The lowest BCUT2D eigenvalue weighted by Gasteiger charge is -2.22. The molecule has 1 atom stereocenters. The van der Waals surface area contributed by atoms with Gasteiger partial charge in [-0.25, -0.2) is 4.79 Å². The van der Waals surface area contributed by atoms with E-state index in [1.165, 1.54) is 0 Å². The van der Waals surface area contributed by atoms with Crippen molar-refractivity contribution in [2.24, 2.45) is 0 Å². The molecule has 0 aliphatic carbocycles. The first-order valence-corrected chi connectivity index (χ1v) is 9.84. The van der Waals surface area contributed by atoms with Crippen LogP contribution in [0.1, 0.15) is 18.9 Å². The Bertz CT molecular complexity index is 1010. The zero-order valence-corrected chi connectivity index (χ0v) is 17.0. The van der Waals surface area contributed by atoms with E-state index in [0.717, 1.165) is 11.3 Å². The van der Waals surface area contributed by atoms with Crippen LogP contribution >= 0.6 is 11.6 Å². The number of imide groups is 1. The molecule has 0 radical (unpaired) electrons.